The number of halogens is 1. The molecule has 1 unspecified atom stereocenters. The lowest BCUT2D eigenvalue weighted by Crippen LogP contribution is -2.52. The summed E-state index contributed by atoms with van der Waals surface area (Å²) in [5.74, 6) is 1.25. The van der Waals surface area contributed by atoms with Gasteiger partial charge in [-0.3, -0.25) is 4.74 Å². The molecule has 1 aromatic rings. The van der Waals surface area contributed by atoms with Gasteiger partial charge < -0.3 is 14.6 Å². The predicted octanol–water partition coefficient (Wildman–Crippen LogP) is 7.17. The Balaban J connectivity index is 1.86. The molecular weight excluding hydrogens is 404 g/mol. The van der Waals surface area contributed by atoms with E-state index in [1.54, 1.807) is 0 Å². The Kier molecular flexibility index (Phi) is 6.78. The predicted molar refractivity (Wildman–Crippen MR) is 115 cm³/mol. The summed E-state index contributed by atoms with van der Waals surface area (Å²) in [5, 5.41) is 9.99. The van der Waals surface area contributed by atoms with E-state index in [4.69, 9.17) is 25.8 Å². The van der Waals surface area contributed by atoms with Gasteiger partial charge in [0.1, 0.15) is 11.4 Å². The average molecular weight is 437 g/mol. The molecule has 1 atom stereocenters. The first-order valence-corrected chi connectivity index (χ1v) is 11.9. The molecule has 2 fully saturated rings. The number of rotatable bonds is 3. The molecule has 0 amide bonds. The van der Waals surface area contributed by atoms with Crippen molar-refractivity contribution in [1.29, 1.82) is 0 Å². The molecule has 1 aromatic carbocycles. The summed E-state index contributed by atoms with van der Waals surface area (Å²) in [7, 11) is 0. The summed E-state index contributed by atoms with van der Waals surface area (Å²) in [5.41, 5.74) is 1.27. The van der Waals surface area contributed by atoms with E-state index in [9.17, 15) is 9.90 Å². The fourth-order valence-electron chi connectivity index (χ4n) is 5.92. The molecule has 3 aliphatic rings. The minimum atomic E-state index is -1.38. The first kappa shape index (κ1) is 21.8. The first-order valence-electron chi connectivity index (χ1n) is 11.6. The molecule has 0 radical (unpaired) electrons. The van der Waals surface area contributed by atoms with Crippen LogP contribution in [0.1, 0.15) is 88.2 Å². The summed E-state index contributed by atoms with van der Waals surface area (Å²) in [6.45, 7) is 0.690. The van der Waals surface area contributed by atoms with Gasteiger partial charge in [-0.1, -0.05) is 63.0 Å². The topological polar surface area (TPSA) is 65.0 Å². The van der Waals surface area contributed by atoms with Crippen molar-refractivity contribution >= 4 is 17.8 Å². The second-order valence-electron chi connectivity index (χ2n) is 9.18. The molecule has 1 aliphatic heterocycles. The molecule has 6 heteroatoms. The number of aryl methyl sites for hydroxylation is 1. The zero-order valence-corrected chi connectivity index (χ0v) is 18.6. The van der Waals surface area contributed by atoms with Crippen molar-refractivity contribution in [2.24, 2.45) is 11.8 Å². The van der Waals surface area contributed by atoms with Crippen molar-refractivity contribution in [1.82, 2.24) is 0 Å². The largest absolute Gasteiger partial charge is 0.510 e. The van der Waals surface area contributed by atoms with E-state index in [0.29, 0.717) is 22.6 Å². The van der Waals surface area contributed by atoms with Crippen LogP contribution in [-0.4, -0.2) is 17.7 Å². The van der Waals surface area contributed by atoms with Gasteiger partial charge in [0.2, 0.25) is 0 Å². The van der Waals surface area contributed by atoms with Crippen LogP contribution in [0.5, 0.6) is 5.75 Å². The Morgan fingerprint density at radius 2 is 1.53 bits per heavy atom. The first-order chi connectivity index (χ1) is 14.5. The van der Waals surface area contributed by atoms with Gasteiger partial charge in [0, 0.05) is 10.6 Å². The molecule has 30 heavy (non-hydrogen) atoms. The molecule has 2 saturated carbocycles. The van der Waals surface area contributed by atoms with Gasteiger partial charge in [-0.05, 0) is 62.1 Å². The van der Waals surface area contributed by atoms with Gasteiger partial charge in [-0.2, -0.15) is 0 Å². The van der Waals surface area contributed by atoms with Gasteiger partial charge in [-0.25, -0.2) is 4.79 Å². The normalized spacial score (nSPS) is 25.5. The highest BCUT2D eigenvalue weighted by Crippen LogP contribution is 2.56. The van der Waals surface area contributed by atoms with Gasteiger partial charge in [0.25, 0.3) is 0 Å². The van der Waals surface area contributed by atoms with Crippen molar-refractivity contribution in [2.75, 3.05) is 0 Å². The average Bonchev–Trinajstić information content (AvgIpc) is 3.14. The van der Waals surface area contributed by atoms with Crippen LogP contribution in [0, 0.1) is 18.8 Å². The van der Waals surface area contributed by atoms with Crippen LogP contribution in [0.3, 0.4) is 0 Å². The maximum atomic E-state index is 11.4. The van der Waals surface area contributed by atoms with Crippen LogP contribution in [0.2, 0.25) is 5.02 Å². The van der Waals surface area contributed by atoms with Crippen molar-refractivity contribution < 1.29 is 24.1 Å². The van der Waals surface area contributed by atoms with Gasteiger partial charge in [-0.15, -0.1) is 0 Å². The lowest BCUT2D eigenvalue weighted by atomic mass is 9.66. The monoisotopic (exact) mass is 436 g/mol. The second-order valence-corrected chi connectivity index (χ2v) is 9.58. The SMILES string of the molecule is Cc1cc2c(cc1Cl)C(C1CCCCCC1)(C1CCCCCC1)OC(OC(=O)O)O2. The zero-order chi connectivity index (χ0) is 21.1. The van der Waals surface area contributed by atoms with Crippen molar-refractivity contribution in [3.05, 3.63) is 28.3 Å². The lowest BCUT2D eigenvalue weighted by Gasteiger charge is -2.50. The highest BCUT2D eigenvalue weighted by atomic mass is 35.5. The third-order valence-corrected chi connectivity index (χ3v) is 7.72. The molecule has 1 heterocycles. The minimum absolute atomic E-state index is 0.296. The highest BCUT2D eigenvalue weighted by Gasteiger charge is 2.54. The smallest absolute Gasteiger partial charge is 0.450 e. The third-order valence-electron chi connectivity index (χ3n) is 7.32. The van der Waals surface area contributed by atoms with Crippen LogP contribution < -0.4 is 4.74 Å². The number of carbonyl (C=O) groups is 1. The van der Waals surface area contributed by atoms with Crippen LogP contribution in [-0.2, 0) is 15.1 Å². The maximum absolute atomic E-state index is 11.4. The van der Waals surface area contributed by atoms with E-state index in [0.717, 1.165) is 36.8 Å². The number of ether oxygens (including phenoxy) is 3. The van der Waals surface area contributed by atoms with Crippen molar-refractivity contribution in [3.63, 3.8) is 0 Å². The molecule has 0 aromatic heterocycles. The van der Waals surface area contributed by atoms with E-state index >= 15 is 0 Å². The number of benzene rings is 1. The summed E-state index contributed by atoms with van der Waals surface area (Å²) in [6.07, 6.45) is 12.5. The van der Waals surface area contributed by atoms with Gasteiger partial charge in [0.15, 0.2) is 0 Å². The zero-order valence-electron chi connectivity index (χ0n) is 17.8. The molecule has 5 nitrogen and oxygen atoms in total. The van der Waals surface area contributed by atoms with Crippen molar-refractivity contribution in [2.45, 2.75) is 96.1 Å². The Bertz CT molecular complexity index is 728. The Labute approximate surface area is 184 Å². The number of carboxylic acid groups (broad SMARTS) is 1. The summed E-state index contributed by atoms with van der Waals surface area (Å²) >= 11 is 6.60. The standard InChI is InChI=1S/C24H33ClO5/c1-16-14-21-19(15-20(16)25)24(17-10-6-2-3-7-11-17,18-12-8-4-5-9-13-18)30-23(28-21)29-22(26)27/h14-15,17-18,23H,2-13H2,1H3,(H,26,27). The number of hydrogen-bond donors (Lipinski definition) is 1. The van der Waals surface area contributed by atoms with Crippen LogP contribution in [0.25, 0.3) is 0 Å². The Morgan fingerprint density at radius 1 is 1.00 bits per heavy atom. The molecular formula is C24H33ClO5. The summed E-state index contributed by atoms with van der Waals surface area (Å²) in [4.78, 5) is 11.4. The third kappa shape index (κ3) is 4.29. The molecule has 0 saturated heterocycles. The summed E-state index contributed by atoms with van der Waals surface area (Å²) < 4.78 is 17.6. The summed E-state index contributed by atoms with van der Waals surface area (Å²) in [6, 6.07) is 3.93. The number of hydrogen-bond acceptors (Lipinski definition) is 4. The van der Waals surface area contributed by atoms with Crippen LogP contribution in [0.15, 0.2) is 12.1 Å². The minimum Gasteiger partial charge on any atom is -0.450 e. The highest BCUT2D eigenvalue weighted by molar-refractivity contribution is 6.31. The van der Waals surface area contributed by atoms with E-state index in [1.807, 2.05) is 19.1 Å². The molecule has 1 N–H and O–H groups in total. The van der Waals surface area contributed by atoms with Crippen LogP contribution >= 0.6 is 11.6 Å². The van der Waals surface area contributed by atoms with E-state index < -0.39 is 18.2 Å². The molecule has 2 aliphatic carbocycles. The molecule has 0 bridgehead atoms. The molecule has 4 rings (SSSR count). The second kappa shape index (κ2) is 9.35. The quantitative estimate of drug-likeness (QED) is 0.401. The fourth-order valence-corrected chi connectivity index (χ4v) is 6.08. The van der Waals surface area contributed by atoms with Crippen LogP contribution in [0.4, 0.5) is 4.79 Å². The van der Waals surface area contributed by atoms with E-state index in [1.165, 1.54) is 51.4 Å². The maximum Gasteiger partial charge on any atom is 0.510 e. The Hall–Kier alpha value is -1.46. The van der Waals surface area contributed by atoms with Gasteiger partial charge >= 0.3 is 12.6 Å². The lowest BCUT2D eigenvalue weighted by molar-refractivity contribution is -0.322. The fraction of sp³-hybridized carbons (Fsp3) is 0.708. The Morgan fingerprint density at radius 3 is 2.03 bits per heavy atom. The van der Waals surface area contributed by atoms with E-state index in [-0.39, 0.29) is 0 Å². The molecule has 166 valence electrons. The van der Waals surface area contributed by atoms with E-state index in [2.05, 4.69) is 0 Å². The number of fused-ring (bicyclic) bond motifs is 1. The van der Waals surface area contributed by atoms with Crippen molar-refractivity contribution in [3.8, 4) is 5.75 Å². The van der Waals surface area contributed by atoms with Gasteiger partial charge in [0.05, 0.1) is 0 Å². The molecule has 0 spiro atoms.